The molecule has 2 rings (SSSR count). The monoisotopic (exact) mass is 461 g/mol. The van der Waals surface area contributed by atoms with Crippen molar-refractivity contribution in [3.8, 4) is 5.75 Å². The molecule has 0 bridgehead atoms. The van der Waals surface area contributed by atoms with Crippen molar-refractivity contribution in [1.29, 1.82) is 0 Å². The SMILES string of the molecule is COc1ccc2c(C(C)C(=O)NCCCC(O)(P(=O)(O)O)P(=O)(O)O)cccc2c1. The number of ether oxygens (including phenoxy) is 1. The van der Waals surface area contributed by atoms with Gasteiger partial charge in [0.1, 0.15) is 5.75 Å². The molecule has 0 heterocycles. The first-order valence-electron chi connectivity index (χ1n) is 9.00. The summed E-state index contributed by atoms with van der Waals surface area (Å²) >= 11 is 0. The molecule has 0 aliphatic rings. The molecule has 0 aliphatic carbocycles. The van der Waals surface area contributed by atoms with Crippen LogP contribution in [-0.2, 0) is 13.9 Å². The van der Waals surface area contributed by atoms with Gasteiger partial charge in [0, 0.05) is 13.0 Å². The summed E-state index contributed by atoms with van der Waals surface area (Å²) in [6.07, 6.45) is -1.14. The lowest BCUT2D eigenvalue weighted by Crippen LogP contribution is -2.32. The van der Waals surface area contributed by atoms with E-state index in [2.05, 4.69) is 5.32 Å². The maximum Gasteiger partial charge on any atom is 0.369 e. The van der Waals surface area contributed by atoms with Crippen molar-refractivity contribution in [2.24, 2.45) is 0 Å². The molecule has 0 saturated heterocycles. The number of aliphatic hydroxyl groups is 1. The normalized spacial score (nSPS) is 13.8. The van der Waals surface area contributed by atoms with Crippen LogP contribution in [0.5, 0.6) is 5.75 Å². The van der Waals surface area contributed by atoms with Gasteiger partial charge >= 0.3 is 15.2 Å². The second kappa shape index (κ2) is 9.16. The molecule has 6 N–H and O–H groups in total. The van der Waals surface area contributed by atoms with Gasteiger partial charge in [0.25, 0.3) is 5.08 Å². The molecule has 0 aromatic heterocycles. The smallest absolute Gasteiger partial charge is 0.369 e. The average Bonchev–Trinajstić information content (AvgIpc) is 2.67. The molecule has 0 fully saturated rings. The van der Waals surface area contributed by atoms with Crippen molar-refractivity contribution in [2.45, 2.75) is 30.8 Å². The fourth-order valence-corrected chi connectivity index (χ4v) is 5.34. The van der Waals surface area contributed by atoms with E-state index in [1.807, 2.05) is 18.2 Å². The molecule has 1 unspecified atom stereocenters. The minimum atomic E-state index is -5.50. The van der Waals surface area contributed by atoms with E-state index >= 15 is 0 Å². The molecule has 12 heteroatoms. The number of hydrogen-bond acceptors (Lipinski definition) is 5. The summed E-state index contributed by atoms with van der Waals surface area (Å²) in [6.45, 7) is 1.56. The summed E-state index contributed by atoms with van der Waals surface area (Å²) < 4.78 is 27.9. The number of nitrogens with one attached hydrogen (secondary N) is 1. The predicted octanol–water partition coefficient (Wildman–Crippen LogP) is 1.85. The zero-order valence-corrected chi connectivity index (χ0v) is 18.2. The highest BCUT2D eigenvalue weighted by Gasteiger charge is 2.58. The Morgan fingerprint density at radius 2 is 1.77 bits per heavy atom. The maximum absolute atomic E-state index is 12.5. The molecule has 10 nitrogen and oxygen atoms in total. The molecule has 0 spiro atoms. The first-order chi connectivity index (χ1) is 13.8. The molecule has 2 aromatic rings. The Kier molecular flexibility index (Phi) is 7.48. The van der Waals surface area contributed by atoms with Crippen LogP contribution in [0.25, 0.3) is 10.8 Å². The van der Waals surface area contributed by atoms with E-state index in [0.717, 1.165) is 16.3 Å². The Hall–Kier alpha value is -1.77. The zero-order valence-electron chi connectivity index (χ0n) is 16.4. The topological polar surface area (TPSA) is 174 Å². The standard InChI is InChI=1S/C18H25NO9P2/c1-12(15-6-3-5-13-11-14(28-2)7-8-16(13)15)17(20)19-10-4-9-18(21,29(22,23)24)30(25,26)27/h3,5-8,11-12,21H,4,9-10H2,1-2H3,(H,19,20)(H2,22,23,24)(H2,25,26,27). The third kappa shape index (κ3) is 5.10. The molecule has 0 radical (unpaired) electrons. The van der Waals surface area contributed by atoms with E-state index in [1.54, 1.807) is 32.2 Å². The van der Waals surface area contributed by atoms with Crippen LogP contribution in [0.4, 0.5) is 0 Å². The fourth-order valence-electron chi connectivity index (χ4n) is 3.08. The quantitative estimate of drug-likeness (QED) is 0.241. The highest BCUT2D eigenvalue weighted by molar-refractivity contribution is 7.72. The van der Waals surface area contributed by atoms with E-state index in [9.17, 15) is 19.0 Å². The Morgan fingerprint density at radius 3 is 2.33 bits per heavy atom. The van der Waals surface area contributed by atoms with Crippen LogP contribution in [-0.4, -0.2) is 49.3 Å². The van der Waals surface area contributed by atoms with Gasteiger partial charge in [0.15, 0.2) is 0 Å². The van der Waals surface area contributed by atoms with Crippen molar-refractivity contribution >= 4 is 31.9 Å². The minimum Gasteiger partial charge on any atom is -0.497 e. The van der Waals surface area contributed by atoms with E-state index in [1.165, 1.54) is 0 Å². The van der Waals surface area contributed by atoms with Gasteiger partial charge in [-0.2, -0.15) is 0 Å². The van der Waals surface area contributed by atoms with Crippen molar-refractivity contribution in [2.75, 3.05) is 13.7 Å². The second-order valence-corrected chi connectivity index (χ2v) is 10.9. The summed E-state index contributed by atoms with van der Waals surface area (Å²) in [5.41, 5.74) is 0.759. The van der Waals surface area contributed by atoms with Crippen LogP contribution < -0.4 is 10.1 Å². The Morgan fingerprint density at radius 1 is 1.13 bits per heavy atom. The number of carbonyl (C=O) groups excluding carboxylic acids is 1. The number of carbonyl (C=O) groups is 1. The van der Waals surface area contributed by atoms with Crippen LogP contribution in [0.1, 0.15) is 31.2 Å². The highest BCUT2D eigenvalue weighted by atomic mass is 31.2. The van der Waals surface area contributed by atoms with Gasteiger partial charge in [0.2, 0.25) is 5.91 Å². The molecule has 2 aromatic carbocycles. The Balaban J connectivity index is 2.06. The third-order valence-electron chi connectivity index (χ3n) is 4.90. The lowest BCUT2D eigenvalue weighted by molar-refractivity contribution is -0.122. The maximum atomic E-state index is 12.5. The largest absolute Gasteiger partial charge is 0.497 e. The number of methoxy groups -OCH3 is 1. The lowest BCUT2D eigenvalue weighted by atomic mass is 9.94. The number of amides is 1. The van der Waals surface area contributed by atoms with Crippen LogP contribution in [0, 0.1) is 0 Å². The van der Waals surface area contributed by atoms with Crippen LogP contribution in [0.2, 0.25) is 0 Å². The highest BCUT2D eigenvalue weighted by Crippen LogP contribution is 2.69. The first-order valence-corrected chi connectivity index (χ1v) is 12.2. The first kappa shape index (κ1) is 24.5. The number of fused-ring (bicyclic) bond motifs is 1. The molecular weight excluding hydrogens is 436 g/mol. The van der Waals surface area contributed by atoms with Gasteiger partial charge in [-0.05, 0) is 41.8 Å². The summed E-state index contributed by atoms with van der Waals surface area (Å²) in [7, 11) is -9.45. The number of benzene rings is 2. The predicted molar refractivity (Wildman–Crippen MR) is 110 cm³/mol. The summed E-state index contributed by atoms with van der Waals surface area (Å²) in [4.78, 5) is 49.0. The van der Waals surface area contributed by atoms with Gasteiger partial charge in [-0.15, -0.1) is 0 Å². The van der Waals surface area contributed by atoms with Gasteiger partial charge < -0.3 is 34.7 Å². The Labute approximate surface area is 173 Å². The van der Waals surface area contributed by atoms with Gasteiger partial charge in [-0.3, -0.25) is 13.9 Å². The average molecular weight is 461 g/mol. The number of hydrogen-bond donors (Lipinski definition) is 6. The molecule has 1 atom stereocenters. The molecular formula is C18H25NO9P2. The van der Waals surface area contributed by atoms with E-state index in [0.29, 0.717) is 5.75 Å². The summed E-state index contributed by atoms with van der Waals surface area (Å²) in [6, 6.07) is 11.0. The van der Waals surface area contributed by atoms with Gasteiger partial charge in [-0.1, -0.05) is 24.3 Å². The van der Waals surface area contributed by atoms with Crippen molar-refractivity contribution < 1.29 is 43.3 Å². The Bertz CT molecular complexity index is 992. The van der Waals surface area contributed by atoms with Crippen molar-refractivity contribution in [3.63, 3.8) is 0 Å². The van der Waals surface area contributed by atoms with Crippen LogP contribution in [0.3, 0.4) is 0 Å². The van der Waals surface area contributed by atoms with Gasteiger partial charge in [0.05, 0.1) is 13.0 Å². The molecule has 0 saturated carbocycles. The molecule has 1 amide bonds. The molecule has 30 heavy (non-hydrogen) atoms. The van der Waals surface area contributed by atoms with Gasteiger partial charge in [-0.25, -0.2) is 0 Å². The molecule has 0 aliphatic heterocycles. The number of rotatable bonds is 9. The summed E-state index contributed by atoms with van der Waals surface area (Å²) in [5, 5.41) is 10.7. The van der Waals surface area contributed by atoms with E-state index in [4.69, 9.17) is 24.3 Å². The van der Waals surface area contributed by atoms with Crippen molar-refractivity contribution in [3.05, 3.63) is 42.0 Å². The minimum absolute atomic E-state index is 0.135. The third-order valence-corrected chi connectivity index (χ3v) is 8.78. The van der Waals surface area contributed by atoms with E-state index < -0.39 is 32.6 Å². The fraction of sp³-hybridized carbons (Fsp3) is 0.389. The van der Waals surface area contributed by atoms with Crippen molar-refractivity contribution in [1.82, 2.24) is 5.32 Å². The zero-order chi connectivity index (χ0) is 22.7. The lowest BCUT2D eigenvalue weighted by Gasteiger charge is -2.29. The summed E-state index contributed by atoms with van der Waals surface area (Å²) in [5.74, 6) is -0.266. The molecule has 166 valence electrons. The van der Waals surface area contributed by atoms with Crippen LogP contribution >= 0.6 is 15.2 Å². The van der Waals surface area contributed by atoms with E-state index in [-0.39, 0.29) is 18.9 Å². The van der Waals surface area contributed by atoms with Crippen LogP contribution in [0.15, 0.2) is 36.4 Å². The second-order valence-electron chi connectivity index (χ2n) is 6.91.